The first-order valence-corrected chi connectivity index (χ1v) is 5.75. The number of hydrogen-bond acceptors (Lipinski definition) is 0. The van der Waals surface area contributed by atoms with E-state index in [1.165, 1.54) is 6.92 Å². The standard InChI is InChI=1S/C14H6F8/c1-5-2-3-6(14(20,21)22)4-7(5)8-9(15)11(17)13(19)12(18)10(8)16/h2-4H,1H3. The Balaban J connectivity index is 2.83. The predicted molar refractivity (Wildman–Crippen MR) is 61.4 cm³/mol. The van der Waals surface area contributed by atoms with Crippen LogP contribution >= 0.6 is 0 Å². The van der Waals surface area contributed by atoms with Crippen molar-refractivity contribution in [3.8, 4) is 11.1 Å². The van der Waals surface area contributed by atoms with Gasteiger partial charge in [-0.2, -0.15) is 13.2 Å². The van der Waals surface area contributed by atoms with Gasteiger partial charge < -0.3 is 0 Å². The largest absolute Gasteiger partial charge is 0.416 e. The third-order valence-corrected chi connectivity index (χ3v) is 3.04. The Morgan fingerprint density at radius 1 is 0.727 bits per heavy atom. The number of aryl methyl sites for hydroxylation is 1. The van der Waals surface area contributed by atoms with Crippen molar-refractivity contribution in [2.75, 3.05) is 0 Å². The van der Waals surface area contributed by atoms with Crippen LogP contribution in [-0.4, -0.2) is 0 Å². The van der Waals surface area contributed by atoms with Gasteiger partial charge in [0.1, 0.15) is 0 Å². The second kappa shape index (κ2) is 5.26. The fourth-order valence-electron chi connectivity index (χ4n) is 1.91. The van der Waals surface area contributed by atoms with Gasteiger partial charge in [0.2, 0.25) is 5.82 Å². The highest BCUT2D eigenvalue weighted by Crippen LogP contribution is 2.37. The van der Waals surface area contributed by atoms with E-state index in [0.29, 0.717) is 12.1 Å². The molecule has 2 aromatic rings. The third kappa shape index (κ3) is 2.53. The minimum absolute atomic E-state index is 0.0730. The van der Waals surface area contributed by atoms with Crippen LogP contribution < -0.4 is 0 Å². The van der Waals surface area contributed by atoms with E-state index in [1.54, 1.807) is 0 Å². The Labute approximate surface area is 119 Å². The van der Waals surface area contributed by atoms with Gasteiger partial charge in [-0.05, 0) is 30.2 Å². The molecule has 0 spiro atoms. The molecule has 118 valence electrons. The summed E-state index contributed by atoms with van der Waals surface area (Å²) in [7, 11) is 0. The summed E-state index contributed by atoms with van der Waals surface area (Å²) >= 11 is 0. The summed E-state index contributed by atoms with van der Waals surface area (Å²) in [5.74, 6) is -11.2. The van der Waals surface area contributed by atoms with Gasteiger partial charge in [0, 0.05) is 0 Å². The molecular weight excluding hydrogens is 320 g/mol. The highest BCUT2D eigenvalue weighted by molar-refractivity contribution is 5.69. The predicted octanol–water partition coefficient (Wildman–Crippen LogP) is 5.38. The van der Waals surface area contributed by atoms with Crippen LogP contribution in [-0.2, 0) is 6.18 Å². The molecule has 0 atom stereocenters. The van der Waals surface area contributed by atoms with Crippen molar-refractivity contribution in [2.24, 2.45) is 0 Å². The number of halogens is 8. The molecule has 0 aliphatic carbocycles. The van der Waals surface area contributed by atoms with Crippen LogP contribution in [0.3, 0.4) is 0 Å². The quantitative estimate of drug-likeness (QED) is 0.375. The van der Waals surface area contributed by atoms with E-state index in [4.69, 9.17) is 0 Å². The van der Waals surface area contributed by atoms with Crippen LogP contribution in [0.4, 0.5) is 35.1 Å². The molecule has 0 aromatic heterocycles. The maximum absolute atomic E-state index is 13.7. The van der Waals surface area contributed by atoms with Crippen LogP contribution in [0.25, 0.3) is 11.1 Å². The molecule has 2 aromatic carbocycles. The molecule has 0 nitrogen and oxygen atoms in total. The third-order valence-electron chi connectivity index (χ3n) is 3.04. The molecule has 0 saturated carbocycles. The van der Waals surface area contributed by atoms with Gasteiger partial charge in [-0.1, -0.05) is 6.07 Å². The zero-order valence-electron chi connectivity index (χ0n) is 10.8. The molecule has 8 heteroatoms. The van der Waals surface area contributed by atoms with Crippen LogP contribution in [0.2, 0.25) is 0 Å². The first-order valence-electron chi connectivity index (χ1n) is 5.75. The topological polar surface area (TPSA) is 0 Å². The van der Waals surface area contributed by atoms with E-state index >= 15 is 0 Å². The van der Waals surface area contributed by atoms with Crippen LogP contribution in [0, 0.1) is 36.0 Å². The van der Waals surface area contributed by atoms with E-state index in [9.17, 15) is 35.1 Å². The summed E-state index contributed by atoms with van der Waals surface area (Å²) in [6.45, 7) is 1.19. The van der Waals surface area contributed by atoms with Crippen molar-refractivity contribution in [1.29, 1.82) is 0 Å². The van der Waals surface area contributed by atoms with Crippen molar-refractivity contribution < 1.29 is 35.1 Å². The lowest BCUT2D eigenvalue weighted by molar-refractivity contribution is -0.137. The minimum Gasteiger partial charge on any atom is -0.203 e. The van der Waals surface area contributed by atoms with Gasteiger partial charge >= 0.3 is 6.18 Å². The summed E-state index contributed by atoms with van der Waals surface area (Å²) in [6, 6.07) is 1.87. The lowest BCUT2D eigenvalue weighted by Crippen LogP contribution is -2.08. The van der Waals surface area contributed by atoms with Gasteiger partial charge in [-0.3, -0.25) is 0 Å². The number of benzene rings is 2. The second-order valence-corrected chi connectivity index (χ2v) is 4.47. The SMILES string of the molecule is Cc1ccc(C(F)(F)F)cc1-c1c(F)c(F)c(F)c(F)c1F. The molecule has 0 N–H and O–H groups in total. The fourth-order valence-corrected chi connectivity index (χ4v) is 1.91. The van der Waals surface area contributed by atoms with Gasteiger partial charge in [0.25, 0.3) is 0 Å². The minimum atomic E-state index is -4.83. The first kappa shape index (κ1) is 16.3. The molecule has 0 fully saturated rings. The van der Waals surface area contributed by atoms with E-state index in [-0.39, 0.29) is 5.56 Å². The number of rotatable bonds is 1. The summed E-state index contributed by atoms with van der Waals surface area (Å²) in [5, 5.41) is 0. The van der Waals surface area contributed by atoms with Crippen LogP contribution in [0.15, 0.2) is 18.2 Å². The summed E-state index contributed by atoms with van der Waals surface area (Å²) < 4.78 is 105. The maximum atomic E-state index is 13.7. The molecule has 0 saturated heterocycles. The molecular formula is C14H6F8. The molecule has 0 aliphatic rings. The molecule has 2 rings (SSSR count). The summed E-state index contributed by atoms with van der Waals surface area (Å²) in [6.07, 6.45) is -4.83. The molecule has 0 aliphatic heterocycles. The lowest BCUT2D eigenvalue weighted by Gasteiger charge is -2.14. The number of hydrogen-bond donors (Lipinski definition) is 0. The first-order chi connectivity index (χ1) is 10.1. The maximum Gasteiger partial charge on any atom is 0.416 e. The van der Waals surface area contributed by atoms with Gasteiger partial charge in [-0.25, -0.2) is 22.0 Å². The monoisotopic (exact) mass is 326 g/mol. The van der Waals surface area contributed by atoms with E-state index < -0.39 is 52.0 Å². The second-order valence-electron chi connectivity index (χ2n) is 4.47. The smallest absolute Gasteiger partial charge is 0.203 e. The molecule has 0 unspecified atom stereocenters. The lowest BCUT2D eigenvalue weighted by atomic mass is 9.96. The van der Waals surface area contributed by atoms with Crippen molar-refractivity contribution >= 4 is 0 Å². The fraction of sp³-hybridized carbons (Fsp3) is 0.143. The zero-order valence-corrected chi connectivity index (χ0v) is 10.8. The van der Waals surface area contributed by atoms with Crippen molar-refractivity contribution in [3.05, 3.63) is 58.4 Å². The van der Waals surface area contributed by atoms with Crippen molar-refractivity contribution in [2.45, 2.75) is 13.1 Å². The van der Waals surface area contributed by atoms with Gasteiger partial charge in [0.05, 0.1) is 11.1 Å². The Morgan fingerprint density at radius 2 is 1.18 bits per heavy atom. The normalized spacial score (nSPS) is 11.9. The Hall–Kier alpha value is -2.12. The molecule has 0 radical (unpaired) electrons. The van der Waals surface area contributed by atoms with Gasteiger partial charge in [0.15, 0.2) is 23.3 Å². The highest BCUT2D eigenvalue weighted by atomic mass is 19.4. The van der Waals surface area contributed by atoms with Crippen LogP contribution in [0.1, 0.15) is 11.1 Å². The van der Waals surface area contributed by atoms with E-state index in [2.05, 4.69) is 0 Å². The summed E-state index contributed by atoms with van der Waals surface area (Å²) in [4.78, 5) is 0. The average molecular weight is 326 g/mol. The van der Waals surface area contributed by atoms with Crippen molar-refractivity contribution in [1.82, 2.24) is 0 Å². The Bertz CT molecular complexity index is 716. The Kier molecular flexibility index (Phi) is 3.88. The van der Waals surface area contributed by atoms with E-state index in [1.807, 2.05) is 0 Å². The molecule has 0 heterocycles. The number of alkyl halides is 3. The van der Waals surface area contributed by atoms with Gasteiger partial charge in [-0.15, -0.1) is 0 Å². The van der Waals surface area contributed by atoms with Crippen molar-refractivity contribution in [3.63, 3.8) is 0 Å². The summed E-state index contributed by atoms with van der Waals surface area (Å²) in [5.41, 5.74) is -3.45. The molecule has 22 heavy (non-hydrogen) atoms. The van der Waals surface area contributed by atoms with Crippen LogP contribution in [0.5, 0.6) is 0 Å². The average Bonchev–Trinajstić information content (AvgIpc) is 2.44. The zero-order chi connectivity index (χ0) is 16.8. The Morgan fingerprint density at radius 3 is 1.64 bits per heavy atom. The molecule has 0 amide bonds. The van der Waals surface area contributed by atoms with E-state index in [0.717, 1.165) is 6.07 Å². The highest BCUT2D eigenvalue weighted by Gasteiger charge is 2.33. The molecule has 0 bridgehead atoms.